The van der Waals surface area contributed by atoms with Crippen LogP contribution >= 0.6 is 11.3 Å². The zero-order valence-corrected chi connectivity index (χ0v) is 13.1. The Morgan fingerprint density at radius 1 is 1.32 bits per heavy atom. The van der Waals surface area contributed by atoms with Crippen molar-refractivity contribution in [1.82, 2.24) is 9.88 Å². The molecule has 0 radical (unpaired) electrons. The molecule has 0 saturated heterocycles. The van der Waals surface area contributed by atoms with Gasteiger partial charge in [-0.05, 0) is 18.2 Å². The van der Waals surface area contributed by atoms with Gasteiger partial charge in [0.25, 0.3) is 5.91 Å². The second-order valence-electron chi connectivity index (χ2n) is 4.58. The summed E-state index contributed by atoms with van der Waals surface area (Å²) in [6.45, 7) is 8.71. The Hall–Kier alpha value is -2.40. The fourth-order valence-corrected chi connectivity index (χ4v) is 2.46. The number of carbonyl (C=O) groups excluding carboxylic acids is 1. The van der Waals surface area contributed by atoms with Gasteiger partial charge in [0, 0.05) is 24.0 Å². The fraction of sp³-hybridized carbons (Fsp3) is 0.176. The SMILES string of the molecule is C=CCN(CC=C)C(=O)c1cccc(OCc2cscn2)c1. The molecule has 0 aliphatic rings. The number of benzene rings is 1. The van der Waals surface area contributed by atoms with Crippen LogP contribution in [-0.4, -0.2) is 28.9 Å². The Kier molecular flexibility index (Phi) is 5.91. The third-order valence-corrected chi connectivity index (χ3v) is 3.57. The summed E-state index contributed by atoms with van der Waals surface area (Å²) >= 11 is 1.53. The van der Waals surface area contributed by atoms with E-state index in [1.54, 1.807) is 34.7 Å². The molecular formula is C17H18N2O2S. The summed E-state index contributed by atoms with van der Waals surface area (Å²) in [6, 6.07) is 7.16. The van der Waals surface area contributed by atoms with E-state index >= 15 is 0 Å². The molecule has 0 aliphatic heterocycles. The first kappa shape index (κ1) is 16.0. The summed E-state index contributed by atoms with van der Waals surface area (Å²) in [5.41, 5.74) is 3.22. The molecule has 0 N–H and O–H groups in total. The third-order valence-electron chi connectivity index (χ3n) is 2.94. The maximum atomic E-state index is 12.5. The predicted molar refractivity (Wildman–Crippen MR) is 89.2 cm³/mol. The minimum atomic E-state index is -0.0705. The minimum Gasteiger partial charge on any atom is -0.487 e. The van der Waals surface area contributed by atoms with Crippen LogP contribution < -0.4 is 4.74 Å². The van der Waals surface area contributed by atoms with Crippen LogP contribution in [-0.2, 0) is 6.61 Å². The number of hydrogen-bond acceptors (Lipinski definition) is 4. The van der Waals surface area contributed by atoms with Crippen molar-refractivity contribution < 1.29 is 9.53 Å². The van der Waals surface area contributed by atoms with Gasteiger partial charge >= 0.3 is 0 Å². The van der Waals surface area contributed by atoms with E-state index in [4.69, 9.17) is 4.74 Å². The first-order valence-corrected chi connectivity index (χ1v) is 7.80. The summed E-state index contributed by atoms with van der Waals surface area (Å²) in [5, 5.41) is 1.94. The zero-order chi connectivity index (χ0) is 15.8. The molecular weight excluding hydrogens is 296 g/mol. The molecule has 0 saturated carbocycles. The van der Waals surface area contributed by atoms with E-state index in [0.717, 1.165) is 5.69 Å². The number of carbonyl (C=O) groups is 1. The van der Waals surface area contributed by atoms with Gasteiger partial charge in [0.2, 0.25) is 0 Å². The highest BCUT2D eigenvalue weighted by Crippen LogP contribution is 2.17. The summed E-state index contributed by atoms with van der Waals surface area (Å²) in [7, 11) is 0. The number of rotatable bonds is 8. The number of thiazole rings is 1. The van der Waals surface area contributed by atoms with Gasteiger partial charge in [-0.3, -0.25) is 4.79 Å². The highest BCUT2D eigenvalue weighted by molar-refractivity contribution is 7.07. The number of aromatic nitrogens is 1. The third kappa shape index (κ3) is 4.30. The van der Waals surface area contributed by atoms with Crippen molar-refractivity contribution >= 4 is 17.2 Å². The van der Waals surface area contributed by atoms with E-state index in [9.17, 15) is 4.79 Å². The molecule has 5 heteroatoms. The first-order valence-electron chi connectivity index (χ1n) is 6.85. The number of amides is 1. The van der Waals surface area contributed by atoms with Crippen LogP contribution in [0, 0.1) is 0 Å². The average molecular weight is 314 g/mol. The largest absolute Gasteiger partial charge is 0.487 e. The minimum absolute atomic E-state index is 0.0705. The Bertz CT molecular complexity index is 628. The van der Waals surface area contributed by atoms with Crippen LogP contribution in [0.1, 0.15) is 16.1 Å². The van der Waals surface area contributed by atoms with E-state index in [-0.39, 0.29) is 5.91 Å². The monoisotopic (exact) mass is 314 g/mol. The predicted octanol–water partition coefficient (Wildman–Crippen LogP) is 3.54. The van der Waals surface area contributed by atoms with Gasteiger partial charge in [-0.25, -0.2) is 4.98 Å². The number of hydrogen-bond donors (Lipinski definition) is 0. The molecule has 0 spiro atoms. The zero-order valence-electron chi connectivity index (χ0n) is 12.3. The molecule has 22 heavy (non-hydrogen) atoms. The van der Waals surface area contributed by atoms with Gasteiger partial charge in [0.1, 0.15) is 12.4 Å². The molecule has 114 valence electrons. The van der Waals surface area contributed by atoms with Crippen molar-refractivity contribution in [3.05, 3.63) is 71.7 Å². The molecule has 2 aromatic rings. The molecule has 1 amide bonds. The number of ether oxygens (including phenoxy) is 1. The molecule has 1 heterocycles. The van der Waals surface area contributed by atoms with Crippen molar-refractivity contribution in [3.8, 4) is 5.75 Å². The van der Waals surface area contributed by atoms with E-state index in [2.05, 4.69) is 18.1 Å². The van der Waals surface area contributed by atoms with Gasteiger partial charge in [-0.15, -0.1) is 24.5 Å². The standard InChI is InChI=1S/C17H18N2O2S/c1-3-8-19(9-4-2)17(20)14-6-5-7-16(10-14)21-11-15-12-22-13-18-15/h3-7,10,12-13H,1-2,8-9,11H2. The quantitative estimate of drug-likeness (QED) is 0.700. The van der Waals surface area contributed by atoms with Gasteiger partial charge in [-0.1, -0.05) is 18.2 Å². The lowest BCUT2D eigenvalue weighted by molar-refractivity contribution is 0.0790. The average Bonchev–Trinajstić information content (AvgIpc) is 3.06. The van der Waals surface area contributed by atoms with Crippen molar-refractivity contribution in [2.45, 2.75) is 6.61 Å². The Balaban J connectivity index is 2.07. The normalized spacial score (nSPS) is 10.0. The van der Waals surface area contributed by atoms with Crippen LogP contribution in [0.2, 0.25) is 0 Å². The molecule has 0 unspecified atom stereocenters. The van der Waals surface area contributed by atoms with Crippen LogP contribution in [0.3, 0.4) is 0 Å². The topological polar surface area (TPSA) is 42.4 Å². The summed E-state index contributed by atoms with van der Waals surface area (Å²) in [6.07, 6.45) is 3.40. The van der Waals surface area contributed by atoms with Gasteiger partial charge < -0.3 is 9.64 Å². The second-order valence-corrected chi connectivity index (χ2v) is 5.30. The molecule has 1 aromatic heterocycles. The van der Waals surface area contributed by atoms with Crippen molar-refractivity contribution in [3.63, 3.8) is 0 Å². The lowest BCUT2D eigenvalue weighted by atomic mass is 10.2. The molecule has 2 rings (SSSR count). The second kappa shape index (κ2) is 8.14. The molecule has 0 fully saturated rings. The van der Waals surface area contributed by atoms with E-state index in [1.165, 1.54) is 11.3 Å². The highest BCUT2D eigenvalue weighted by atomic mass is 32.1. The van der Waals surface area contributed by atoms with Crippen molar-refractivity contribution in [1.29, 1.82) is 0 Å². The number of nitrogens with zero attached hydrogens (tertiary/aromatic N) is 2. The molecule has 1 aromatic carbocycles. The maximum absolute atomic E-state index is 12.5. The Morgan fingerprint density at radius 3 is 2.73 bits per heavy atom. The first-order chi connectivity index (χ1) is 10.7. The van der Waals surface area contributed by atoms with Crippen LogP contribution in [0.5, 0.6) is 5.75 Å². The summed E-state index contributed by atoms with van der Waals surface area (Å²) in [5.74, 6) is 0.579. The molecule has 0 atom stereocenters. The van der Waals surface area contributed by atoms with Crippen LogP contribution in [0.15, 0.2) is 60.5 Å². The lowest BCUT2D eigenvalue weighted by Gasteiger charge is -2.19. The molecule has 4 nitrogen and oxygen atoms in total. The van der Waals surface area contributed by atoms with Crippen LogP contribution in [0.4, 0.5) is 0 Å². The smallest absolute Gasteiger partial charge is 0.254 e. The maximum Gasteiger partial charge on any atom is 0.254 e. The van der Waals surface area contributed by atoms with Crippen molar-refractivity contribution in [2.75, 3.05) is 13.1 Å². The van der Waals surface area contributed by atoms with Crippen LogP contribution in [0.25, 0.3) is 0 Å². The van der Waals surface area contributed by atoms with E-state index < -0.39 is 0 Å². The van der Waals surface area contributed by atoms with Gasteiger partial charge in [0.15, 0.2) is 0 Å². The lowest BCUT2D eigenvalue weighted by Crippen LogP contribution is -2.31. The fourth-order valence-electron chi connectivity index (χ4n) is 1.92. The summed E-state index contributed by atoms with van der Waals surface area (Å²) < 4.78 is 5.67. The van der Waals surface area contributed by atoms with E-state index in [1.807, 2.05) is 17.5 Å². The molecule has 0 bridgehead atoms. The van der Waals surface area contributed by atoms with Gasteiger partial charge in [0.05, 0.1) is 11.2 Å². The van der Waals surface area contributed by atoms with Crippen molar-refractivity contribution in [2.24, 2.45) is 0 Å². The summed E-state index contributed by atoms with van der Waals surface area (Å²) in [4.78, 5) is 18.3. The Labute approximate surface area is 134 Å². The molecule has 0 aliphatic carbocycles. The van der Waals surface area contributed by atoms with Gasteiger partial charge in [-0.2, -0.15) is 0 Å². The van der Waals surface area contributed by atoms with E-state index in [0.29, 0.717) is 31.0 Å². The highest BCUT2D eigenvalue weighted by Gasteiger charge is 2.14. The Morgan fingerprint density at radius 2 is 2.09 bits per heavy atom.